The fourth-order valence-electron chi connectivity index (χ4n) is 3.57. The van der Waals surface area contributed by atoms with E-state index in [4.69, 9.17) is 16.3 Å². The van der Waals surface area contributed by atoms with Crippen LogP contribution in [0.15, 0.2) is 24.3 Å². The van der Waals surface area contributed by atoms with Crippen LogP contribution in [0.1, 0.15) is 25.7 Å². The van der Waals surface area contributed by atoms with Gasteiger partial charge in [0.2, 0.25) is 0 Å². The fourth-order valence-corrected chi connectivity index (χ4v) is 4.46. The molecule has 2 aliphatic heterocycles. The van der Waals surface area contributed by atoms with Gasteiger partial charge < -0.3 is 9.64 Å². The average molecular weight is 336 g/mol. The van der Waals surface area contributed by atoms with Gasteiger partial charge in [0.05, 0.1) is 0 Å². The lowest BCUT2D eigenvalue weighted by Gasteiger charge is -2.35. The Balaban J connectivity index is 1.45. The standard InChI is InChI=1S/C16H18ClN3OS/c1-20-12-6-7-13(20)9-14(8-12)21-16-19-18-15(22-16)10-2-4-11(17)5-3-10/h2-5,12-14H,6-9H2,1H3/t12-,13-/m1/s1. The molecule has 22 heavy (non-hydrogen) atoms. The zero-order valence-corrected chi connectivity index (χ0v) is 14.0. The summed E-state index contributed by atoms with van der Waals surface area (Å²) in [5.74, 6) is 0. The summed E-state index contributed by atoms with van der Waals surface area (Å²) in [5, 5.41) is 10.7. The predicted octanol–water partition coefficient (Wildman–Crippen LogP) is 3.86. The predicted molar refractivity (Wildman–Crippen MR) is 88.6 cm³/mol. The molecule has 2 fully saturated rings. The molecule has 3 heterocycles. The lowest BCUT2D eigenvalue weighted by Crippen LogP contribution is -2.43. The van der Waals surface area contributed by atoms with E-state index in [2.05, 4.69) is 22.1 Å². The van der Waals surface area contributed by atoms with Gasteiger partial charge in [-0.3, -0.25) is 0 Å². The molecule has 2 atom stereocenters. The minimum Gasteiger partial charge on any atom is -0.465 e. The first-order chi connectivity index (χ1) is 10.7. The maximum absolute atomic E-state index is 6.10. The highest BCUT2D eigenvalue weighted by molar-refractivity contribution is 7.16. The smallest absolute Gasteiger partial charge is 0.294 e. The fraction of sp³-hybridized carbons (Fsp3) is 0.500. The number of aromatic nitrogens is 2. The van der Waals surface area contributed by atoms with E-state index in [-0.39, 0.29) is 6.10 Å². The van der Waals surface area contributed by atoms with Gasteiger partial charge in [-0.05, 0) is 44.9 Å². The molecule has 0 unspecified atom stereocenters. The van der Waals surface area contributed by atoms with Crippen molar-refractivity contribution >= 4 is 22.9 Å². The molecule has 2 aliphatic rings. The Morgan fingerprint density at radius 2 is 1.82 bits per heavy atom. The van der Waals surface area contributed by atoms with Crippen LogP contribution in [0.5, 0.6) is 5.19 Å². The highest BCUT2D eigenvalue weighted by atomic mass is 35.5. The second-order valence-electron chi connectivity index (χ2n) is 6.14. The van der Waals surface area contributed by atoms with E-state index in [0.717, 1.165) is 28.4 Å². The van der Waals surface area contributed by atoms with Crippen LogP contribution in [-0.4, -0.2) is 40.3 Å². The van der Waals surface area contributed by atoms with Crippen LogP contribution >= 0.6 is 22.9 Å². The van der Waals surface area contributed by atoms with E-state index in [0.29, 0.717) is 17.3 Å². The normalized spacial score (nSPS) is 28.0. The van der Waals surface area contributed by atoms with Crippen molar-refractivity contribution in [3.63, 3.8) is 0 Å². The van der Waals surface area contributed by atoms with Gasteiger partial charge in [-0.25, -0.2) is 0 Å². The summed E-state index contributed by atoms with van der Waals surface area (Å²) in [6, 6.07) is 9.01. The lowest BCUT2D eigenvalue weighted by atomic mass is 10.0. The first kappa shape index (κ1) is 14.4. The third kappa shape index (κ3) is 2.73. The summed E-state index contributed by atoms with van der Waals surface area (Å²) in [6.45, 7) is 0. The molecule has 2 saturated heterocycles. The largest absolute Gasteiger partial charge is 0.465 e. The van der Waals surface area contributed by atoms with Crippen LogP contribution in [0.4, 0.5) is 0 Å². The van der Waals surface area contributed by atoms with Crippen molar-refractivity contribution in [2.75, 3.05) is 7.05 Å². The zero-order valence-electron chi connectivity index (χ0n) is 12.4. The molecule has 0 radical (unpaired) electrons. The number of rotatable bonds is 3. The minimum atomic E-state index is 0.278. The van der Waals surface area contributed by atoms with Crippen LogP contribution in [0, 0.1) is 0 Å². The SMILES string of the molecule is CN1[C@@H]2CC[C@@H]1CC(Oc1nnc(-c3ccc(Cl)cc3)s1)C2. The second kappa shape index (κ2) is 5.80. The number of fused-ring (bicyclic) bond motifs is 2. The van der Waals surface area contributed by atoms with Gasteiger partial charge in [-0.1, -0.05) is 40.2 Å². The number of piperidine rings is 1. The quantitative estimate of drug-likeness (QED) is 0.853. The van der Waals surface area contributed by atoms with Crippen molar-refractivity contribution in [1.29, 1.82) is 0 Å². The highest BCUT2D eigenvalue weighted by Gasteiger charge is 2.39. The van der Waals surface area contributed by atoms with Crippen LogP contribution < -0.4 is 4.74 Å². The Morgan fingerprint density at radius 3 is 2.50 bits per heavy atom. The monoisotopic (exact) mass is 335 g/mol. The highest BCUT2D eigenvalue weighted by Crippen LogP contribution is 2.37. The van der Waals surface area contributed by atoms with Crippen molar-refractivity contribution in [2.45, 2.75) is 43.9 Å². The number of nitrogens with zero attached hydrogens (tertiary/aromatic N) is 3. The molecule has 0 aliphatic carbocycles. The molecule has 4 nitrogen and oxygen atoms in total. The molecule has 2 bridgehead atoms. The number of hydrogen-bond acceptors (Lipinski definition) is 5. The van der Waals surface area contributed by atoms with Crippen LogP contribution in [-0.2, 0) is 0 Å². The summed E-state index contributed by atoms with van der Waals surface area (Å²) in [5.41, 5.74) is 1.03. The molecule has 2 aromatic rings. The van der Waals surface area contributed by atoms with Crippen LogP contribution in [0.25, 0.3) is 10.6 Å². The van der Waals surface area contributed by atoms with Crippen molar-refractivity contribution in [2.24, 2.45) is 0 Å². The zero-order chi connectivity index (χ0) is 15.1. The lowest BCUT2D eigenvalue weighted by molar-refractivity contribution is 0.0655. The summed E-state index contributed by atoms with van der Waals surface area (Å²) >= 11 is 7.42. The van der Waals surface area contributed by atoms with Crippen molar-refractivity contribution in [3.8, 4) is 15.8 Å². The molecule has 0 spiro atoms. The summed E-state index contributed by atoms with van der Waals surface area (Å²) in [6.07, 6.45) is 5.08. The van der Waals surface area contributed by atoms with Gasteiger partial charge in [-0.2, -0.15) is 0 Å². The third-order valence-electron chi connectivity index (χ3n) is 4.82. The molecule has 1 aromatic carbocycles. The second-order valence-corrected chi connectivity index (χ2v) is 7.52. The topological polar surface area (TPSA) is 38.2 Å². The maximum atomic E-state index is 6.10. The molecule has 0 amide bonds. The first-order valence-corrected chi connectivity index (χ1v) is 8.86. The van der Waals surface area contributed by atoms with Crippen LogP contribution in [0.3, 0.4) is 0 Å². The van der Waals surface area contributed by atoms with Crippen molar-refractivity contribution < 1.29 is 4.74 Å². The number of ether oxygens (including phenoxy) is 1. The van der Waals surface area contributed by atoms with Crippen molar-refractivity contribution in [1.82, 2.24) is 15.1 Å². The molecular formula is C16H18ClN3OS. The van der Waals surface area contributed by atoms with E-state index in [9.17, 15) is 0 Å². The number of hydrogen-bond donors (Lipinski definition) is 0. The minimum absolute atomic E-state index is 0.278. The molecule has 6 heteroatoms. The Hall–Kier alpha value is -1.17. The maximum Gasteiger partial charge on any atom is 0.294 e. The Bertz CT molecular complexity index is 646. The summed E-state index contributed by atoms with van der Waals surface area (Å²) < 4.78 is 6.10. The summed E-state index contributed by atoms with van der Waals surface area (Å²) in [4.78, 5) is 2.51. The molecule has 4 rings (SSSR count). The molecule has 0 saturated carbocycles. The molecule has 1 aromatic heterocycles. The Morgan fingerprint density at radius 1 is 1.14 bits per heavy atom. The summed E-state index contributed by atoms with van der Waals surface area (Å²) in [7, 11) is 2.24. The van der Waals surface area contributed by atoms with E-state index < -0.39 is 0 Å². The van der Waals surface area contributed by atoms with Gasteiger partial charge in [0.25, 0.3) is 5.19 Å². The molecular weight excluding hydrogens is 318 g/mol. The van der Waals surface area contributed by atoms with Gasteiger partial charge >= 0.3 is 0 Å². The van der Waals surface area contributed by atoms with Gasteiger partial charge in [0.1, 0.15) is 6.10 Å². The third-order valence-corrected chi connectivity index (χ3v) is 5.94. The van der Waals surface area contributed by atoms with E-state index in [1.165, 1.54) is 24.2 Å². The van der Waals surface area contributed by atoms with Gasteiger partial charge in [0.15, 0.2) is 5.01 Å². The number of halogens is 1. The van der Waals surface area contributed by atoms with Crippen LogP contribution in [0.2, 0.25) is 5.02 Å². The molecule has 116 valence electrons. The van der Waals surface area contributed by atoms with E-state index in [1.54, 1.807) is 0 Å². The van der Waals surface area contributed by atoms with E-state index >= 15 is 0 Å². The molecule has 0 N–H and O–H groups in total. The Kier molecular flexibility index (Phi) is 3.80. The van der Waals surface area contributed by atoms with Gasteiger partial charge in [0, 0.05) is 22.7 Å². The first-order valence-electron chi connectivity index (χ1n) is 7.67. The van der Waals surface area contributed by atoms with E-state index in [1.807, 2.05) is 24.3 Å². The number of benzene rings is 1. The van der Waals surface area contributed by atoms with Crippen molar-refractivity contribution in [3.05, 3.63) is 29.3 Å². The Labute approximate surface area is 139 Å². The van der Waals surface area contributed by atoms with Gasteiger partial charge in [-0.15, -0.1) is 5.10 Å². The average Bonchev–Trinajstić information content (AvgIpc) is 3.03.